The van der Waals surface area contributed by atoms with Crippen LogP contribution in [0.2, 0.25) is 0 Å². The molecule has 1 aromatic heterocycles. The van der Waals surface area contributed by atoms with Crippen molar-refractivity contribution >= 4 is 5.78 Å². The number of carbonyl (C=O) groups is 1. The molecule has 170 valence electrons. The van der Waals surface area contributed by atoms with Crippen LogP contribution in [0.5, 0.6) is 11.5 Å². The summed E-state index contributed by atoms with van der Waals surface area (Å²) < 4.78 is 19.5. The third-order valence-corrected chi connectivity index (χ3v) is 7.42. The Labute approximate surface area is 188 Å². The summed E-state index contributed by atoms with van der Waals surface area (Å²) in [4.78, 5) is 25.0. The molecule has 1 aromatic carbocycles. The Morgan fingerprint density at radius 2 is 2.09 bits per heavy atom. The van der Waals surface area contributed by atoms with Gasteiger partial charge in [0.25, 0.3) is 0 Å². The number of rotatable bonds is 6. The van der Waals surface area contributed by atoms with Crippen molar-refractivity contribution in [2.24, 2.45) is 5.41 Å². The van der Waals surface area contributed by atoms with E-state index in [1.165, 1.54) is 12.5 Å². The van der Waals surface area contributed by atoms with Crippen LogP contribution in [0.3, 0.4) is 0 Å². The van der Waals surface area contributed by atoms with Gasteiger partial charge in [0.1, 0.15) is 0 Å². The van der Waals surface area contributed by atoms with Gasteiger partial charge < -0.3 is 18.8 Å². The minimum atomic E-state index is -0.212. The van der Waals surface area contributed by atoms with E-state index < -0.39 is 0 Å². The fraction of sp³-hybridized carbons (Fsp3) is 0.538. The van der Waals surface area contributed by atoms with Gasteiger partial charge in [0.15, 0.2) is 22.7 Å². The Balaban J connectivity index is 1.72. The quantitative estimate of drug-likeness (QED) is 0.491. The van der Waals surface area contributed by atoms with Crippen LogP contribution in [0.25, 0.3) is 11.3 Å². The molecule has 0 bridgehead atoms. The maximum Gasteiger partial charge on any atom is 0.192 e. The number of hydrogen-bond donors (Lipinski definition) is 0. The summed E-state index contributed by atoms with van der Waals surface area (Å²) in [5, 5.41) is 0. The van der Waals surface area contributed by atoms with Crippen LogP contribution < -0.4 is 14.9 Å². The monoisotopic (exact) mass is 437 g/mol. The molecule has 2 aromatic rings. The number of Topliss-reactive ketones (excluding diaryl/α,β-unsaturated/α-hetero) is 1. The number of benzene rings is 1. The fourth-order valence-corrected chi connectivity index (χ4v) is 5.97. The molecule has 32 heavy (non-hydrogen) atoms. The first-order valence-electron chi connectivity index (χ1n) is 11.6. The number of ketones is 1. The number of aromatic nitrogens is 1. The van der Waals surface area contributed by atoms with Crippen LogP contribution in [0.4, 0.5) is 0 Å². The van der Waals surface area contributed by atoms with E-state index in [1.807, 2.05) is 6.20 Å². The Hall–Kier alpha value is -2.60. The molecule has 1 aliphatic carbocycles. The summed E-state index contributed by atoms with van der Waals surface area (Å²) in [6.07, 6.45) is 5.56. The topological polar surface area (TPSA) is 66.8 Å². The molecule has 2 atom stereocenters. The average Bonchev–Trinajstić information content (AvgIpc) is 3.35. The van der Waals surface area contributed by atoms with Gasteiger partial charge in [-0.2, -0.15) is 0 Å². The van der Waals surface area contributed by atoms with E-state index in [9.17, 15) is 9.59 Å². The zero-order valence-corrected chi connectivity index (χ0v) is 19.3. The van der Waals surface area contributed by atoms with E-state index in [-0.39, 0.29) is 28.2 Å². The van der Waals surface area contributed by atoms with Crippen molar-refractivity contribution in [3.8, 4) is 22.8 Å². The van der Waals surface area contributed by atoms with Gasteiger partial charge in [0.05, 0.1) is 24.5 Å². The summed E-state index contributed by atoms with van der Waals surface area (Å²) in [5.41, 5.74) is 4.49. The number of ether oxygens (including phenoxy) is 3. The second-order valence-electron chi connectivity index (χ2n) is 9.92. The van der Waals surface area contributed by atoms with Gasteiger partial charge in [0.2, 0.25) is 0 Å². The lowest BCUT2D eigenvalue weighted by Gasteiger charge is -2.40. The van der Waals surface area contributed by atoms with Gasteiger partial charge in [-0.15, -0.1) is 0 Å². The van der Waals surface area contributed by atoms with Crippen molar-refractivity contribution in [1.29, 1.82) is 0 Å². The smallest absolute Gasteiger partial charge is 0.192 e. The van der Waals surface area contributed by atoms with Crippen molar-refractivity contribution in [3.63, 3.8) is 0 Å². The average molecular weight is 438 g/mol. The summed E-state index contributed by atoms with van der Waals surface area (Å²) in [5.74, 6) is 1.72. The molecule has 1 fully saturated rings. The third kappa shape index (κ3) is 3.19. The molecular formula is C26H31NO5. The van der Waals surface area contributed by atoms with Crippen LogP contribution >= 0.6 is 0 Å². The van der Waals surface area contributed by atoms with E-state index in [0.29, 0.717) is 25.7 Å². The third-order valence-electron chi connectivity index (χ3n) is 7.42. The molecule has 3 aliphatic rings. The molecule has 0 saturated heterocycles. The highest BCUT2D eigenvalue weighted by atomic mass is 16.5. The first-order valence-corrected chi connectivity index (χ1v) is 11.6. The number of nitrogens with zero attached hydrogens (tertiary/aromatic N) is 1. The van der Waals surface area contributed by atoms with Crippen LogP contribution in [-0.2, 0) is 11.2 Å². The van der Waals surface area contributed by atoms with Gasteiger partial charge in [0, 0.05) is 61.9 Å². The van der Waals surface area contributed by atoms with E-state index >= 15 is 0 Å². The zero-order chi connectivity index (χ0) is 22.6. The summed E-state index contributed by atoms with van der Waals surface area (Å²) in [6, 6.07) is 4.00. The zero-order valence-electron chi connectivity index (χ0n) is 19.3. The van der Waals surface area contributed by atoms with Crippen molar-refractivity contribution in [2.75, 3.05) is 26.9 Å². The minimum Gasteiger partial charge on any atom is -0.490 e. The lowest BCUT2D eigenvalue weighted by Crippen LogP contribution is -2.32. The Kier molecular flexibility index (Phi) is 5.16. The Bertz CT molecular complexity index is 1150. The Morgan fingerprint density at radius 3 is 2.84 bits per heavy atom. The molecule has 6 heteroatoms. The summed E-state index contributed by atoms with van der Waals surface area (Å²) in [6.45, 7) is 7.88. The van der Waals surface area contributed by atoms with E-state index in [0.717, 1.165) is 54.0 Å². The first-order chi connectivity index (χ1) is 15.3. The van der Waals surface area contributed by atoms with Crippen LogP contribution in [-0.4, -0.2) is 37.3 Å². The minimum absolute atomic E-state index is 0.0508. The number of pyridine rings is 1. The van der Waals surface area contributed by atoms with Crippen molar-refractivity contribution in [1.82, 2.24) is 4.57 Å². The highest BCUT2D eigenvalue weighted by Gasteiger charge is 2.48. The molecule has 5 rings (SSSR count). The van der Waals surface area contributed by atoms with Gasteiger partial charge in [-0.1, -0.05) is 13.8 Å². The molecule has 3 heterocycles. The molecule has 0 N–H and O–H groups in total. The van der Waals surface area contributed by atoms with Crippen molar-refractivity contribution in [2.45, 2.75) is 58.4 Å². The predicted octanol–water partition coefficient (Wildman–Crippen LogP) is 4.53. The van der Waals surface area contributed by atoms with Gasteiger partial charge in [-0.25, -0.2) is 0 Å². The lowest BCUT2D eigenvalue weighted by atomic mass is 9.76. The summed E-state index contributed by atoms with van der Waals surface area (Å²) >= 11 is 0. The molecular weight excluding hydrogens is 406 g/mol. The van der Waals surface area contributed by atoms with Crippen molar-refractivity contribution in [3.05, 3.63) is 45.2 Å². The van der Waals surface area contributed by atoms with Crippen LogP contribution in [0.1, 0.15) is 73.5 Å². The largest absolute Gasteiger partial charge is 0.490 e. The van der Waals surface area contributed by atoms with Gasteiger partial charge >= 0.3 is 0 Å². The molecule has 0 spiro atoms. The SMILES string of the molecule is COCCCOc1cc2c(c3c1OCC3)-c1cc(=O)c(C(C)=O)cn1C1C2CCC1(C)C. The number of fused-ring (bicyclic) bond motifs is 8. The van der Waals surface area contributed by atoms with E-state index in [4.69, 9.17) is 14.2 Å². The Morgan fingerprint density at radius 1 is 1.28 bits per heavy atom. The lowest BCUT2D eigenvalue weighted by molar-refractivity contribution is 0.101. The number of carbonyl (C=O) groups excluding carboxylic acids is 1. The second kappa shape index (κ2) is 7.77. The van der Waals surface area contributed by atoms with Gasteiger partial charge in [-0.3, -0.25) is 9.59 Å². The molecule has 2 aliphatic heterocycles. The van der Waals surface area contributed by atoms with Gasteiger partial charge in [-0.05, 0) is 36.8 Å². The number of methoxy groups -OCH3 is 1. The predicted molar refractivity (Wildman–Crippen MR) is 122 cm³/mol. The maximum atomic E-state index is 12.9. The standard InChI is InChI=1S/C26H31NO5/c1-15(28)19-14-27-20(13-21(19)29)23-17-7-11-32-24(17)22(31-10-5-9-30-4)12-18(23)16-6-8-26(2,3)25(16)27/h12-14,16,25H,5-11H2,1-4H3. The molecule has 2 unspecified atom stereocenters. The highest BCUT2D eigenvalue weighted by Crippen LogP contribution is 2.61. The second-order valence-corrected chi connectivity index (χ2v) is 9.92. The van der Waals surface area contributed by atoms with E-state index in [1.54, 1.807) is 13.2 Å². The van der Waals surface area contributed by atoms with Crippen LogP contribution in [0, 0.1) is 5.41 Å². The highest BCUT2D eigenvalue weighted by molar-refractivity contribution is 5.94. The van der Waals surface area contributed by atoms with Crippen molar-refractivity contribution < 1.29 is 19.0 Å². The summed E-state index contributed by atoms with van der Waals surface area (Å²) in [7, 11) is 1.69. The molecule has 6 nitrogen and oxygen atoms in total. The van der Waals surface area contributed by atoms with Crippen LogP contribution in [0.15, 0.2) is 23.1 Å². The fourth-order valence-electron chi connectivity index (χ4n) is 5.97. The van der Waals surface area contributed by atoms with E-state index in [2.05, 4.69) is 24.5 Å². The molecule has 0 radical (unpaired) electrons. The normalized spacial score (nSPS) is 21.9. The molecule has 1 saturated carbocycles. The first kappa shape index (κ1) is 21.3. The number of hydrogen-bond acceptors (Lipinski definition) is 5. The molecule has 0 amide bonds. The maximum absolute atomic E-state index is 12.9.